The number of carbonyl (C=O) groups is 1. The second kappa shape index (κ2) is 9.40. The maximum absolute atomic E-state index is 12.2. The molecule has 0 radical (unpaired) electrons. The highest BCUT2D eigenvalue weighted by atomic mass is 35.5. The van der Waals surface area contributed by atoms with Crippen molar-refractivity contribution in [3.05, 3.63) is 46.2 Å². The Bertz CT molecular complexity index is 716. The van der Waals surface area contributed by atoms with E-state index in [-0.39, 0.29) is 18.3 Å². The van der Waals surface area contributed by atoms with Gasteiger partial charge in [-0.3, -0.25) is 9.69 Å². The van der Waals surface area contributed by atoms with E-state index in [1.54, 1.807) is 35.1 Å². The van der Waals surface area contributed by atoms with Gasteiger partial charge in [0.1, 0.15) is 0 Å². The zero-order chi connectivity index (χ0) is 16.9. The van der Waals surface area contributed by atoms with Crippen LogP contribution in [0.15, 0.2) is 30.5 Å². The van der Waals surface area contributed by atoms with E-state index in [1.165, 1.54) is 0 Å². The molecule has 9 heteroatoms. The van der Waals surface area contributed by atoms with Gasteiger partial charge in [-0.25, -0.2) is 4.68 Å². The fourth-order valence-electron chi connectivity index (χ4n) is 2.57. The van der Waals surface area contributed by atoms with Crippen LogP contribution in [0.2, 0.25) is 10.0 Å². The van der Waals surface area contributed by atoms with Gasteiger partial charge in [0.2, 0.25) is 0 Å². The zero-order valence-corrected chi connectivity index (χ0v) is 15.9. The van der Waals surface area contributed by atoms with E-state index in [0.29, 0.717) is 22.3 Å². The minimum Gasteiger partial charge on any atom is -0.349 e. The smallest absolute Gasteiger partial charge is 0.271 e. The molecule has 1 aromatic heterocycles. The van der Waals surface area contributed by atoms with Gasteiger partial charge in [0.15, 0.2) is 5.69 Å². The quantitative estimate of drug-likeness (QED) is 0.802. The Morgan fingerprint density at radius 1 is 1.20 bits per heavy atom. The minimum absolute atomic E-state index is 0. The number of benzene rings is 1. The maximum Gasteiger partial charge on any atom is 0.271 e. The molecule has 6 nitrogen and oxygen atoms in total. The number of nitrogens with zero attached hydrogens (tertiary/aromatic N) is 3. The lowest BCUT2D eigenvalue weighted by atomic mass is 10.3. The average molecular weight is 405 g/mol. The summed E-state index contributed by atoms with van der Waals surface area (Å²) in [5, 5.41) is 11.4. The summed E-state index contributed by atoms with van der Waals surface area (Å²) >= 11 is 11.9. The average Bonchev–Trinajstić information content (AvgIpc) is 3.08. The Balaban J connectivity index is 0.00000225. The lowest BCUT2D eigenvalue weighted by molar-refractivity contribution is 0.0942. The molecule has 0 unspecified atom stereocenters. The molecule has 1 aliphatic rings. The van der Waals surface area contributed by atoms with Gasteiger partial charge in [0.25, 0.3) is 5.91 Å². The molecular formula is C16H20Cl3N5O. The second-order valence-corrected chi connectivity index (χ2v) is 6.41. The fourth-order valence-corrected chi connectivity index (χ4v) is 2.86. The number of carbonyl (C=O) groups excluding carboxylic acids is 1. The Morgan fingerprint density at radius 2 is 1.96 bits per heavy atom. The number of halogens is 3. The zero-order valence-electron chi connectivity index (χ0n) is 13.5. The molecule has 1 aromatic carbocycles. The highest BCUT2D eigenvalue weighted by molar-refractivity contribution is 6.42. The first-order valence-corrected chi connectivity index (χ1v) is 8.61. The molecule has 1 aliphatic heterocycles. The van der Waals surface area contributed by atoms with Crippen LogP contribution in [0.5, 0.6) is 0 Å². The van der Waals surface area contributed by atoms with Crippen molar-refractivity contribution in [2.45, 2.75) is 0 Å². The molecule has 0 spiro atoms. The van der Waals surface area contributed by atoms with Crippen molar-refractivity contribution in [2.75, 3.05) is 39.3 Å². The van der Waals surface area contributed by atoms with Gasteiger partial charge in [0, 0.05) is 45.5 Å². The van der Waals surface area contributed by atoms with E-state index in [4.69, 9.17) is 23.2 Å². The van der Waals surface area contributed by atoms with E-state index in [2.05, 4.69) is 20.6 Å². The second-order valence-electron chi connectivity index (χ2n) is 5.59. The van der Waals surface area contributed by atoms with Crippen LogP contribution in [0.25, 0.3) is 5.69 Å². The minimum atomic E-state index is -0.177. The van der Waals surface area contributed by atoms with Crippen molar-refractivity contribution in [3.8, 4) is 5.69 Å². The van der Waals surface area contributed by atoms with E-state index < -0.39 is 0 Å². The number of aromatic nitrogens is 2. The third-order valence-electron chi connectivity index (χ3n) is 3.91. The predicted molar refractivity (Wildman–Crippen MR) is 102 cm³/mol. The molecule has 2 N–H and O–H groups in total. The molecule has 1 amide bonds. The van der Waals surface area contributed by atoms with Crippen LogP contribution in [-0.4, -0.2) is 59.9 Å². The van der Waals surface area contributed by atoms with E-state index >= 15 is 0 Å². The molecule has 2 heterocycles. The third-order valence-corrected chi connectivity index (χ3v) is 4.65. The van der Waals surface area contributed by atoms with Crippen molar-refractivity contribution in [2.24, 2.45) is 0 Å². The number of hydrogen-bond donors (Lipinski definition) is 2. The van der Waals surface area contributed by atoms with Crippen molar-refractivity contribution < 1.29 is 4.79 Å². The normalized spacial score (nSPS) is 14.8. The Hall–Kier alpha value is -1.31. The first kappa shape index (κ1) is 20.0. The summed E-state index contributed by atoms with van der Waals surface area (Å²) in [5.74, 6) is -0.177. The van der Waals surface area contributed by atoms with E-state index in [1.807, 2.05) is 0 Å². The summed E-state index contributed by atoms with van der Waals surface area (Å²) in [6.45, 7) is 5.49. The highest BCUT2D eigenvalue weighted by Gasteiger charge is 2.12. The number of rotatable bonds is 5. The van der Waals surface area contributed by atoms with Gasteiger partial charge in [-0.15, -0.1) is 12.4 Å². The topological polar surface area (TPSA) is 62.2 Å². The molecular weight excluding hydrogens is 385 g/mol. The number of amides is 1. The maximum atomic E-state index is 12.2. The SMILES string of the molecule is Cl.O=C(NCCN1CCNCC1)c1ccn(-c2ccc(Cl)c(Cl)c2)n1. The Kier molecular flexibility index (Phi) is 7.53. The Labute approximate surface area is 162 Å². The Morgan fingerprint density at radius 3 is 2.68 bits per heavy atom. The monoisotopic (exact) mass is 403 g/mol. The number of hydrogen-bond acceptors (Lipinski definition) is 4. The molecule has 0 atom stereocenters. The van der Waals surface area contributed by atoms with E-state index in [0.717, 1.165) is 38.4 Å². The van der Waals surface area contributed by atoms with Crippen molar-refractivity contribution in [1.29, 1.82) is 0 Å². The van der Waals surface area contributed by atoms with E-state index in [9.17, 15) is 4.79 Å². The van der Waals surface area contributed by atoms with Crippen molar-refractivity contribution >= 4 is 41.5 Å². The van der Waals surface area contributed by atoms with Crippen molar-refractivity contribution in [3.63, 3.8) is 0 Å². The van der Waals surface area contributed by atoms with Gasteiger partial charge in [-0.05, 0) is 24.3 Å². The molecule has 0 bridgehead atoms. The van der Waals surface area contributed by atoms with Gasteiger partial charge in [0.05, 0.1) is 15.7 Å². The predicted octanol–water partition coefficient (Wildman–Crippen LogP) is 2.24. The van der Waals surface area contributed by atoms with Crippen LogP contribution >= 0.6 is 35.6 Å². The summed E-state index contributed by atoms with van der Waals surface area (Å²) in [5.41, 5.74) is 1.13. The van der Waals surface area contributed by atoms with Crippen LogP contribution in [0.1, 0.15) is 10.5 Å². The summed E-state index contributed by atoms with van der Waals surface area (Å²) < 4.78 is 1.60. The summed E-state index contributed by atoms with van der Waals surface area (Å²) in [6, 6.07) is 6.90. The highest BCUT2D eigenvalue weighted by Crippen LogP contribution is 2.24. The van der Waals surface area contributed by atoms with Crippen LogP contribution < -0.4 is 10.6 Å². The molecule has 136 valence electrons. The third kappa shape index (κ3) is 5.33. The lowest BCUT2D eigenvalue weighted by Gasteiger charge is -2.26. The first-order valence-electron chi connectivity index (χ1n) is 7.86. The van der Waals surface area contributed by atoms with Gasteiger partial charge < -0.3 is 10.6 Å². The summed E-state index contributed by atoms with van der Waals surface area (Å²) in [4.78, 5) is 14.5. The first-order chi connectivity index (χ1) is 11.6. The van der Waals surface area contributed by atoms with Gasteiger partial charge in [-0.1, -0.05) is 23.2 Å². The van der Waals surface area contributed by atoms with Gasteiger partial charge >= 0.3 is 0 Å². The molecule has 3 rings (SSSR count). The van der Waals surface area contributed by atoms with Crippen LogP contribution in [0, 0.1) is 0 Å². The van der Waals surface area contributed by atoms with Gasteiger partial charge in [-0.2, -0.15) is 5.10 Å². The van der Waals surface area contributed by atoms with Crippen LogP contribution in [-0.2, 0) is 0 Å². The molecule has 25 heavy (non-hydrogen) atoms. The lowest BCUT2D eigenvalue weighted by Crippen LogP contribution is -2.46. The molecule has 1 saturated heterocycles. The number of piperazine rings is 1. The van der Waals surface area contributed by atoms with Crippen LogP contribution in [0.4, 0.5) is 0 Å². The number of nitrogens with one attached hydrogen (secondary N) is 2. The summed E-state index contributed by atoms with van der Waals surface area (Å²) in [7, 11) is 0. The molecule has 0 saturated carbocycles. The molecule has 0 aliphatic carbocycles. The summed E-state index contributed by atoms with van der Waals surface area (Å²) in [6.07, 6.45) is 1.73. The molecule has 1 fully saturated rings. The standard InChI is InChI=1S/C16H19Cl2N5O.ClH/c17-13-2-1-12(11-14(13)18)23-7-3-15(21-23)16(24)20-6-10-22-8-4-19-5-9-22;/h1-3,7,11,19H,4-6,8-10H2,(H,20,24);1H. The van der Waals surface area contributed by atoms with Crippen molar-refractivity contribution in [1.82, 2.24) is 25.3 Å². The largest absolute Gasteiger partial charge is 0.349 e. The van der Waals surface area contributed by atoms with Crippen LogP contribution in [0.3, 0.4) is 0 Å². The molecule has 2 aromatic rings. The fraction of sp³-hybridized carbons (Fsp3) is 0.375.